The topological polar surface area (TPSA) is 85.5 Å². The molecular formula is C20H23NO4. The summed E-state index contributed by atoms with van der Waals surface area (Å²) < 4.78 is 5.34. The highest BCUT2D eigenvalue weighted by atomic mass is 16.5. The number of carbonyl (C=O) groups excluding carboxylic acids is 1. The zero-order valence-corrected chi connectivity index (χ0v) is 14.4. The van der Waals surface area contributed by atoms with Crippen molar-refractivity contribution in [2.45, 2.75) is 62.4 Å². The van der Waals surface area contributed by atoms with Crippen molar-refractivity contribution < 1.29 is 19.4 Å². The smallest absolute Gasteiger partial charge is 0.341 e. The van der Waals surface area contributed by atoms with E-state index in [0.717, 1.165) is 32.1 Å². The van der Waals surface area contributed by atoms with E-state index in [2.05, 4.69) is 18.3 Å². The number of carboxylic acid groups (broad SMARTS) is 1. The summed E-state index contributed by atoms with van der Waals surface area (Å²) in [6, 6.07) is 6.02. The Balaban J connectivity index is 1.48. The van der Waals surface area contributed by atoms with Gasteiger partial charge in [-0.05, 0) is 55.4 Å². The van der Waals surface area contributed by atoms with Gasteiger partial charge in [-0.3, -0.25) is 4.79 Å². The Hall–Kier alpha value is -1.88. The normalized spacial score (nSPS) is 40.5. The van der Waals surface area contributed by atoms with E-state index in [4.69, 9.17) is 9.84 Å². The molecule has 4 atom stereocenters. The minimum absolute atomic E-state index is 0.0101. The fourth-order valence-corrected chi connectivity index (χ4v) is 6.35. The predicted molar refractivity (Wildman–Crippen MR) is 90.8 cm³/mol. The van der Waals surface area contributed by atoms with E-state index in [9.17, 15) is 9.59 Å². The maximum absolute atomic E-state index is 12.5. The second-order valence-electron chi connectivity index (χ2n) is 8.39. The van der Waals surface area contributed by atoms with Gasteiger partial charge in [-0.25, -0.2) is 4.79 Å². The number of carboxylic acids is 1. The molecule has 5 rings (SSSR count). The lowest BCUT2D eigenvalue weighted by Crippen LogP contribution is -2.49. The van der Waals surface area contributed by atoms with Crippen molar-refractivity contribution in [3.63, 3.8) is 0 Å². The quantitative estimate of drug-likeness (QED) is 0.825. The fourth-order valence-electron chi connectivity index (χ4n) is 6.35. The molecule has 2 spiro atoms. The zero-order chi connectivity index (χ0) is 17.4. The molecule has 1 aliphatic heterocycles. The molecule has 0 radical (unpaired) electrons. The Morgan fingerprint density at radius 1 is 1.32 bits per heavy atom. The van der Waals surface area contributed by atoms with Crippen LogP contribution < -0.4 is 10.1 Å². The number of carbonyl (C=O) groups is 2. The van der Waals surface area contributed by atoms with Crippen molar-refractivity contribution >= 4 is 11.8 Å². The first-order chi connectivity index (χ1) is 11.9. The van der Waals surface area contributed by atoms with Gasteiger partial charge in [-0.1, -0.05) is 13.0 Å². The lowest BCUT2D eigenvalue weighted by atomic mass is 9.55. The number of benzene rings is 1. The van der Waals surface area contributed by atoms with E-state index in [1.54, 1.807) is 0 Å². The summed E-state index contributed by atoms with van der Waals surface area (Å²) in [5.41, 5.74) is 2.54. The Morgan fingerprint density at radius 3 is 2.96 bits per heavy atom. The maximum atomic E-state index is 12.5. The molecule has 3 aliphatic carbocycles. The highest BCUT2D eigenvalue weighted by Crippen LogP contribution is 2.71. The number of rotatable bonds is 3. The first-order valence-corrected chi connectivity index (χ1v) is 9.22. The number of Topliss-reactive ketones (excluding diaryl/α,β-unsaturated/α-hetero) is 1. The van der Waals surface area contributed by atoms with Gasteiger partial charge in [-0.15, -0.1) is 0 Å². The summed E-state index contributed by atoms with van der Waals surface area (Å²) in [4.78, 5) is 23.2. The van der Waals surface area contributed by atoms with Crippen LogP contribution in [0.15, 0.2) is 18.2 Å². The van der Waals surface area contributed by atoms with E-state index in [1.807, 2.05) is 12.1 Å². The lowest BCUT2D eigenvalue weighted by Gasteiger charge is -2.45. The number of fused-ring (bicyclic) bond motifs is 2. The molecule has 0 unspecified atom stereocenters. The van der Waals surface area contributed by atoms with Gasteiger partial charge in [0.2, 0.25) is 0 Å². The molecular weight excluding hydrogens is 318 g/mol. The second kappa shape index (κ2) is 4.64. The maximum Gasteiger partial charge on any atom is 0.341 e. The number of aliphatic carboxylic acids is 1. The lowest BCUT2D eigenvalue weighted by molar-refractivity contribution is -0.139. The largest absolute Gasteiger partial charge is 0.482 e. The SMILES string of the molecule is C[C@]12CC[C@@H]3c4ccc(OCC(=O)O)cc4CC[C@]34N[C@]41CCC2=O. The molecule has 2 N–H and O–H groups in total. The first kappa shape index (κ1) is 15.4. The van der Waals surface area contributed by atoms with Crippen LogP contribution in [0.5, 0.6) is 5.75 Å². The minimum Gasteiger partial charge on any atom is -0.482 e. The first-order valence-electron chi connectivity index (χ1n) is 9.22. The number of ketones is 1. The Labute approximate surface area is 146 Å². The molecule has 1 aromatic rings. The van der Waals surface area contributed by atoms with Crippen LogP contribution in [0.25, 0.3) is 0 Å². The van der Waals surface area contributed by atoms with Crippen LogP contribution in [0.2, 0.25) is 0 Å². The van der Waals surface area contributed by atoms with Crippen LogP contribution in [0.3, 0.4) is 0 Å². The van der Waals surface area contributed by atoms with Gasteiger partial charge in [0, 0.05) is 23.3 Å². The highest BCUT2D eigenvalue weighted by Gasteiger charge is 2.81. The van der Waals surface area contributed by atoms with Crippen molar-refractivity contribution in [2.24, 2.45) is 5.41 Å². The molecule has 25 heavy (non-hydrogen) atoms. The Kier molecular flexibility index (Phi) is 2.85. The van der Waals surface area contributed by atoms with Crippen molar-refractivity contribution in [1.29, 1.82) is 0 Å². The summed E-state index contributed by atoms with van der Waals surface area (Å²) in [7, 11) is 0. The highest BCUT2D eigenvalue weighted by molar-refractivity contribution is 5.91. The average molecular weight is 341 g/mol. The van der Waals surface area contributed by atoms with Crippen LogP contribution in [0.4, 0.5) is 0 Å². The summed E-state index contributed by atoms with van der Waals surface area (Å²) in [6.45, 7) is 1.87. The third-order valence-corrected chi connectivity index (χ3v) is 7.59. The summed E-state index contributed by atoms with van der Waals surface area (Å²) in [6.07, 6.45) is 5.70. The van der Waals surface area contributed by atoms with Gasteiger partial charge in [0.15, 0.2) is 6.61 Å². The molecule has 132 valence electrons. The summed E-state index contributed by atoms with van der Waals surface area (Å²) in [5.74, 6) is 0.563. The number of nitrogens with one attached hydrogen (secondary N) is 1. The van der Waals surface area contributed by atoms with E-state index < -0.39 is 5.97 Å². The van der Waals surface area contributed by atoms with Crippen LogP contribution in [-0.4, -0.2) is 34.5 Å². The molecule has 0 aromatic heterocycles. The molecule has 5 heteroatoms. The third-order valence-electron chi connectivity index (χ3n) is 7.59. The van der Waals surface area contributed by atoms with Gasteiger partial charge in [0.1, 0.15) is 11.5 Å². The molecule has 0 bridgehead atoms. The van der Waals surface area contributed by atoms with E-state index in [1.165, 1.54) is 11.1 Å². The van der Waals surface area contributed by atoms with Crippen molar-refractivity contribution in [3.8, 4) is 5.75 Å². The van der Waals surface area contributed by atoms with Crippen LogP contribution >= 0.6 is 0 Å². The molecule has 1 heterocycles. The molecule has 3 fully saturated rings. The van der Waals surface area contributed by atoms with Gasteiger partial charge >= 0.3 is 5.97 Å². The fraction of sp³-hybridized carbons (Fsp3) is 0.600. The average Bonchev–Trinajstić information content (AvgIpc) is 3.20. The van der Waals surface area contributed by atoms with Gasteiger partial charge in [0.05, 0.1) is 5.54 Å². The summed E-state index contributed by atoms with van der Waals surface area (Å²) >= 11 is 0. The van der Waals surface area contributed by atoms with E-state index in [-0.39, 0.29) is 23.1 Å². The van der Waals surface area contributed by atoms with Crippen LogP contribution in [-0.2, 0) is 16.0 Å². The predicted octanol–water partition coefficient (Wildman–Crippen LogP) is 2.42. The molecule has 5 nitrogen and oxygen atoms in total. The monoisotopic (exact) mass is 341 g/mol. The van der Waals surface area contributed by atoms with Crippen molar-refractivity contribution in [3.05, 3.63) is 29.3 Å². The minimum atomic E-state index is -0.960. The molecule has 2 saturated carbocycles. The van der Waals surface area contributed by atoms with Gasteiger partial charge < -0.3 is 15.2 Å². The Morgan fingerprint density at radius 2 is 2.16 bits per heavy atom. The number of hydrogen-bond donors (Lipinski definition) is 2. The van der Waals surface area contributed by atoms with Crippen LogP contribution in [0, 0.1) is 5.41 Å². The van der Waals surface area contributed by atoms with Crippen molar-refractivity contribution in [1.82, 2.24) is 5.32 Å². The van der Waals surface area contributed by atoms with Crippen molar-refractivity contribution in [2.75, 3.05) is 6.61 Å². The number of aryl methyl sites for hydroxylation is 1. The third kappa shape index (κ3) is 1.72. The number of hydrogen-bond acceptors (Lipinski definition) is 4. The van der Waals surface area contributed by atoms with Gasteiger partial charge in [-0.2, -0.15) is 0 Å². The molecule has 1 saturated heterocycles. The number of ether oxygens (including phenoxy) is 1. The second-order valence-corrected chi connectivity index (χ2v) is 8.39. The van der Waals surface area contributed by atoms with Gasteiger partial charge in [0.25, 0.3) is 0 Å². The molecule has 1 aromatic carbocycles. The molecule has 4 aliphatic rings. The summed E-state index contributed by atoms with van der Waals surface area (Å²) in [5, 5.41) is 12.6. The van der Waals surface area contributed by atoms with E-state index in [0.29, 0.717) is 23.9 Å². The standard InChI is InChI=1S/C20H23NO4/c1-18-7-5-15-14-3-2-13(25-11-17(23)24)10-12(14)4-8-19(15)20(18,21-19)9-6-16(18)22/h2-3,10,15,21H,4-9,11H2,1H3,(H,23,24)/t15-,18-,19+,20+/m1/s1. The zero-order valence-electron chi connectivity index (χ0n) is 14.4. The van der Waals surface area contributed by atoms with Crippen LogP contribution in [0.1, 0.15) is 56.1 Å². The van der Waals surface area contributed by atoms with E-state index >= 15 is 0 Å². The Bertz CT molecular complexity index is 805. The molecule has 0 amide bonds.